The van der Waals surface area contributed by atoms with Crippen LogP contribution in [0.4, 0.5) is 5.69 Å². The highest BCUT2D eigenvalue weighted by atomic mass is 35.5. The first-order valence-electron chi connectivity index (χ1n) is 8.06. The molecule has 3 rings (SSSR count). The van der Waals surface area contributed by atoms with E-state index in [2.05, 4.69) is 4.72 Å². The zero-order chi connectivity index (χ0) is 18.0. The second kappa shape index (κ2) is 7.06. The summed E-state index contributed by atoms with van der Waals surface area (Å²) in [5.41, 5.74) is 1.45. The highest BCUT2D eigenvalue weighted by molar-refractivity contribution is 7.92. The first-order chi connectivity index (χ1) is 11.9. The lowest BCUT2D eigenvalue weighted by atomic mass is 10.2. The van der Waals surface area contributed by atoms with Gasteiger partial charge in [-0.3, -0.25) is 9.52 Å². The number of likely N-dealkylation sites (tertiary alicyclic amines) is 1. The minimum atomic E-state index is -3.81. The van der Waals surface area contributed by atoms with Crippen molar-refractivity contribution >= 4 is 33.2 Å². The second-order valence-electron chi connectivity index (χ2n) is 6.05. The summed E-state index contributed by atoms with van der Waals surface area (Å²) >= 11 is 6.04. The molecule has 2 aromatic carbocycles. The van der Waals surface area contributed by atoms with Gasteiger partial charge in [0.1, 0.15) is 0 Å². The average Bonchev–Trinajstić information content (AvgIpc) is 3.13. The van der Waals surface area contributed by atoms with Crippen LogP contribution < -0.4 is 4.72 Å². The smallest absolute Gasteiger partial charge is 0.261 e. The molecule has 7 heteroatoms. The lowest BCUT2D eigenvalue weighted by molar-refractivity contribution is 0.0792. The second-order valence-corrected chi connectivity index (χ2v) is 8.13. The molecule has 1 saturated heterocycles. The fourth-order valence-electron chi connectivity index (χ4n) is 2.82. The molecule has 0 radical (unpaired) electrons. The summed E-state index contributed by atoms with van der Waals surface area (Å²) in [6.07, 6.45) is 1.97. The number of hydrogen-bond donors (Lipinski definition) is 1. The predicted octanol–water partition coefficient (Wildman–Crippen LogP) is 3.69. The molecule has 1 fully saturated rings. The quantitative estimate of drug-likeness (QED) is 0.882. The number of anilines is 1. The normalized spacial score (nSPS) is 14.6. The van der Waals surface area contributed by atoms with E-state index in [1.807, 2.05) is 0 Å². The van der Waals surface area contributed by atoms with Gasteiger partial charge in [-0.1, -0.05) is 23.7 Å². The summed E-state index contributed by atoms with van der Waals surface area (Å²) in [6.45, 7) is 3.18. The van der Waals surface area contributed by atoms with Gasteiger partial charge in [-0.05, 0) is 55.7 Å². The molecule has 1 aliphatic rings. The van der Waals surface area contributed by atoms with E-state index >= 15 is 0 Å². The minimum Gasteiger partial charge on any atom is -0.339 e. The van der Waals surface area contributed by atoms with Crippen molar-refractivity contribution in [1.29, 1.82) is 0 Å². The van der Waals surface area contributed by atoms with Crippen molar-refractivity contribution in [3.63, 3.8) is 0 Å². The van der Waals surface area contributed by atoms with Crippen LogP contribution in [0.25, 0.3) is 0 Å². The van der Waals surface area contributed by atoms with Gasteiger partial charge in [0, 0.05) is 23.7 Å². The molecule has 1 N–H and O–H groups in total. The number of halogens is 1. The van der Waals surface area contributed by atoms with Crippen LogP contribution in [0, 0.1) is 6.92 Å². The van der Waals surface area contributed by atoms with Crippen molar-refractivity contribution in [2.45, 2.75) is 24.7 Å². The molecule has 0 spiro atoms. The standard InChI is InChI=1S/C18H19ClN2O3S/c1-13-16(19)8-5-9-17(13)20-25(23,24)15-7-4-6-14(12-15)18(22)21-10-2-3-11-21/h4-9,12,20H,2-3,10-11H2,1H3. The Kier molecular flexibility index (Phi) is 5.01. The average molecular weight is 379 g/mol. The minimum absolute atomic E-state index is 0.0527. The molecular formula is C18H19ClN2O3S. The molecule has 25 heavy (non-hydrogen) atoms. The molecule has 1 amide bonds. The lowest BCUT2D eigenvalue weighted by Gasteiger charge is -2.16. The van der Waals surface area contributed by atoms with Crippen molar-refractivity contribution in [2.75, 3.05) is 17.8 Å². The van der Waals surface area contributed by atoms with Gasteiger partial charge in [0.2, 0.25) is 0 Å². The molecule has 0 aromatic heterocycles. The molecule has 2 aromatic rings. The molecule has 132 valence electrons. The SMILES string of the molecule is Cc1c(Cl)cccc1NS(=O)(=O)c1cccc(C(=O)N2CCCC2)c1. The monoisotopic (exact) mass is 378 g/mol. The first-order valence-corrected chi connectivity index (χ1v) is 9.92. The van der Waals surface area contributed by atoms with Crippen LogP contribution in [0.1, 0.15) is 28.8 Å². The maximum absolute atomic E-state index is 12.7. The van der Waals surface area contributed by atoms with Crippen molar-refractivity contribution in [3.05, 3.63) is 58.6 Å². The summed E-state index contributed by atoms with van der Waals surface area (Å²) in [4.78, 5) is 14.3. The van der Waals surface area contributed by atoms with Crippen LogP contribution >= 0.6 is 11.6 Å². The summed E-state index contributed by atoms with van der Waals surface area (Å²) in [5, 5.41) is 0.484. The molecular weight excluding hydrogens is 360 g/mol. The molecule has 5 nitrogen and oxygen atoms in total. The Morgan fingerprint density at radius 1 is 1.12 bits per heavy atom. The number of carbonyl (C=O) groups is 1. The van der Waals surface area contributed by atoms with Gasteiger partial charge in [-0.25, -0.2) is 8.42 Å². The van der Waals surface area contributed by atoms with Crippen molar-refractivity contribution < 1.29 is 13.2 Å². The van der Waals surface area contributed by atoms with E-state index in [9.17, 15) is 13.2 Å². The predicted molar refractivity (Wildman–Crippen MR) is 98.6 cm³/mol. The van der Waals surface area contributed by atoms with Gasteiger partial charge in [-0.15, -0.1) is 0 Å². The Hall–Kier alpha value is -2.05. The zero-order valence-electron chi connectivity index (χ0n) is 13.8. The van der Waals surface area contributed by atoms with Gasteiger partial charge in [0.25, 0.3) is 15.9 Å². The van der Waals surface area contributed by atoms with Gasteiger partial charge in [0.05, 0.1) is 10.6 Å². The highest BCUT2D eigenvalue weighted by Crippen LogP contribution is 2.26. The first kappa shape index (κ1) is 17.8. The van der Waals surface area contributed by atoms with Gasteiger partial charge < -0.3 is 4.90 Å². The number of nitrogens with zero attached hydrogens (tertiary/aromatic N) is 1. The molecule has 0 bridgehead atoms. The van der Waals surface area contributed by atoms with Crippen molar-refractivity contribution in [3.8, 4) is 0 Å². The van der Waals surface area contributed by atoms with Crippen molar-refractivity contribution in [2.24, 2.45) is 0 Å². The molecule has 0 unspecified atom stereocenters. The number of benzene rings is 2. The molecule has 0 aliphatic carbocycles. The van der Waals surface area contributed by atoms with E-state index in [-0.39, 0.29) is 10.8 Å². The van der Waals surface area contributed by atoms with Gasteiger partial charge in [0.15, 0.2) is 0 Å². The third-order valence-corrected chi connectivity index (χ3v) is 6.07. The Morgan fingerprint density at radius 2 is 1.80 bits per heavy atom. The lowest BCUT2D eigenvalue weighted by Crippen LogP contribution is -2.27. The van der Waals surface area contributed by atoms with Gasteiger partial charge >= 0.3 is 0 Å². The third kappa shape index (κ3) is 3.80. The molecule has 1 aliphatic heterocycles. The number of hydrogen-bond acceptors (Lipinski definition) is 3. The summed E-state index contributed by atoms with van der Waals surface area (Å²) < 4.78 is 27.9. The van der Waals surface area contributed by atoms with E-state index < -0.39 is 10.0 Å². The number of rotatable bonds is 4. The Balaban J connectivity index is 1.88. The Labute approximate surface area is 152 Å². The van der Waals surface area contributed by atoms with E-state index in [0.29, 0.717) is 21.8 Å². The number of carbonyl (C=O) groups excluding carboxylic acids is 1. The fourth-order valence-corrected chi connectivity index (χ4v) is 4.16. The number of nitrogens with one attached hydrogen (secondary N) is 1. The number of sulfonamides is 1. The number of amides is 1. The topological polar surface area (TPSA) is 66.5 Å². The van der Waals surface area contributed by atoms with Crippen LogP contribution in [0.2, 0.25) is 5.02 Å². The Morgan fingerprint density at radius 3 is 2.52 bits per heavy atom. The summed E-state index contributed by atoms with van der Waals surface area (Å²) in [7, 11) is -3.81. The van der Waals surface area contributed by atoms with E-state index in [4.69, 9.17) is 11.6 Å². The molecule has 0 atom stereocenters. The third-order valence-electron chi connectivity index (χ3n) is 4.30. The zero-order valence-corrected chi connectivity index (χ0v) is 15.4. The van der Waals surface area contributed by atoms with E-state index in [0.717, 1.165) is 25.9 Å². The summed E-state index contributed by atoms with van der Waals surface area (Å²) in [6, 6.07) is 11.2. The van der Waals surface area contributed by atoms with Crippen LogP contribution in [0.5, 0.6) is 0 Å². The maximum atomic E-state index is 12.7. The Bertz CT molecular complexity index is 906. The highest BCUT2D eigenvalue weighted by Gasteiger charge is 2.22. The van der Waals surface area contributed by atoms with Crippen LogP contribution in [0.15, 0.2) is 47.4 Å². The van der Waals surface area contributed by atoms with E-state index in [1.54, 1.807) is 42.2 Å². The van der Waals surface area contributed by atoms with Crippen LogP contribution in [-0.4, -0.2) is 32.3 Å². The molecule has 1 heterocycles. The maximum Gasteiger partial charge on any atom is 0.261 e. The van der Waals surface area contributed by atoms with E-state index in [1.165, 1.54) is 12.1 Å². The fraction of sp³-hybridized carbons (Fsp3) is 0.278. The largest absolute Gasteiger partial charge is 0.339 e. The van der Waals surface area contributed by atoms with Crippen LogP contribution in [0.3, 0.4) is 0 Å². The van der Waals surface area contributed by atoms with Crippen LogP contribution in [-0.2, 0) is 10.0 Å². The van der Waals surface area contributed by atoms with Gasteiger partial charge in [-0.2, -0.15) is 0 Å². The molecule has 0 saturated carbocycles. The van der Waals surface area contributed by atoms with Crippen molar-refractivity contribution in [1.82, 2.24) is 4.90 Å². The summed E-state index contributed by atoms with van der Waals surface area (Å²) in [5.74, 6) is -0.131.